The van der Waals surface area contributed by atoms with Crippen molar-refractivity contribution in [3.05, 3.63) is 0 Å². The maximum atomic E-state index is 12.0. The van der Waals surface area contributed by atoms with E-state index in [1.807, 2.05) is 0 Å². The van der Waals surface area contributed by atoms with Gasteiger partial charge < -0.3 is 15.2 Å². The van der Waals surface area contributed by atoms with Gasteiger partial charge in [0, 0.05) is 13.7 Å². The van der Waals surface area contributed by atoms with E-state index in [0.29, 0.717) is 6.61 Å². The number of carboxylic acids is 1. The lowest BCUT2D eigenvalue weighted by molar-refractivity contribution is -0.148. The number of nitrogens with one attached hydrogen (secondary N) is 1. The normalized spacial score (nSPS) is 18.3. The first-order valence-electron chi connectivity index (χ1n) is 5.85. The first-order chi connectivity index (χ1) is 7.84. The molecule has 0 unspecified atom stereocenters. The summed E-state index contributed by atoms with van der Waals surface area (Å²) in [4.78, 5) is 22.9. The van der Waals surface area contributed by atoms with Gasteiger partial charge in [-0.3, -0.25) is 9.59 Å². The van der Waals surface area contributed by atoms with E-state index in [1.54, 1.807) is 21.0 Å². The van der Waals surface area contributed by atoms with Crippen LogP contribution in [0.3, 0.4) is 0 Å². The van der Waals surface area contributed by atoms with E-state index in [4.69, 9.17) is 9.84 Å². The Labute approximate surface area is 102 Å². The molecule has 0 aromatic rings. The molecule has 1 amide bonds. The molecule has 5 nitrogen and oxygen atoms in total. The molecule has 98 valence electrons. The van der Waals surface area contributed by atoms with Crippen LogP contribution in [0.25, 0.3) is 0 Å². The Morgan fingerprint density at radius 1 is 1.41 bits per heavy atom. The SMILES string of the molecule is COCC1(C(=O)NCC(C)(C)C(=O)O)CCC1. The standard InChI is InChI=1S/C12H21NO4/c1-11(2,10(15)16)7-13-9(14)12(8-17-3)5-4-6-12/h4-8H2,1-3H3,(H,13,14)(H,15,16). The number of amides is 1. The fourth-order valence-corrected chi connectivity index (χ4v) is 1.88. The zero-order valence-corrected chi connectivity index (χ0v) is 10.7. The van der Waals surface area contributed by atoms with Gasteiger partial charge in [-0.15, -0.1) is 0 Å². The van der Waals surface area contributed by atoms with Crippen LogP contribution in [0, 0.1) is 10.8 Å². The second-order valence-electron chi connectivity index (χ2n) is 5.44. The van der Waals surface area contributed by atoms with Gasteiger partial charge in [0.05, 0.1) is 17.4 Å². The molecule has 1 aliphatic carbocycles. The molecule has 0 aromatic heterocycles. The third kappa shape index (κ3) is 2.97. The van der Waals surface area contributed by atoms with E-state index in [-0.39, 0.29) is 12.5 Å². The Bertz CT molecular complexity index is 308. The second-order valence-corrected chi connectivity index (χ2v) is 5.44. The van der Waals surface area contributed by atoms with Crippen molar-refractivity contribution < 1.29 is 19.4 Å². The zero-order chi connectivity index (χ0) is 13.1. The summed E-state index contributed by atoms with van der Waals surface area (Å²) in [6, 6.07) is 0. The van der Waals surface area contributed by atoms with E-state index >= 15 is 0 Å². The largest absolute Gasteiger partial charge is 0.481 e. The molecule has 0 spiro atoms. The zero-order valence-electron chi connectivity index (χ0n) is 10.7. The maximum Gasteiger partial charge on any atom is 0.310 e. The van der Waals surface area contributed by atoms with Crippen LogP contribution < -0.4 is 5.32 Å². The number of methoxy groups -OCH3 is 1. The fourth-order valence-electron chi connectivity index (χ4n) is 1.88. The topological polar surface area (TPSA) is 75.6 Å². The second kappa shape index (κ2) is 5.04. The van der Waals surface area contributed by atoms with Crippen molar-refractivity contribution in [2.45, 2.75) is 33.1 Å². The number of carboxylic acid groups (broad SMARTS) is 1. The molecular weight excluding hydrogens is 222 g/mol. The summed E-state index contributed by atoms with van der Waals surface area (Å²) in [5.74, 6) is -0.993. The summed E-state index contributed by atoms with van der Waals surface area (Å²) in [6.07, 6.45) is 2.67. The molecule has 17 heavy (non-hydrogen) atoms. The van der Waals surface area contributed by atoms with Crippen LogP contribution >= 0.6 is 0 Å². The van der Waals surface area contributed by atoms with E-state index in [9.17, 15) is 9.59 Å². The van der Waals surface area contributed by atoms with Crippen LogP contribution in [0.2, 0.25) is 0 Å². The van der Waals surface area contributed by atoms with E-state index in [0.717, 1.165) is 19.3 Å². The lowest BCUT2D eigenvalue weighted by Gasteiger charge is -2.40. The van der Waals surface area contributed by atoms with Crippen LogP contribution in [0.15, 0.2) is 0 Å². The van der Waals surface area contributed by atoms with Crippen LogP contribution in [0.5, 0.6) is 0 Å². The van der Waals surface area contributed by atoms with Crippen molar-refractivity contribution in [2.75, 3.05) is 20.3 Å². The van der Waals surface area contributed by atoms with Gasteiger partial charge in [0.15, 0.2) is 0 Å². The lowest BCUT2D eigenvalue weighted by Crippen LogP contribution is -2.51. The van der Waals surface area contributed by atoms with Gasteiger partial charge in [-0.2, -0.15) is 0 Å². The maximum absolute atomic E-state index is 12.0. The third-order valence-corrected chi connectivity index (χ3v) is 3.48. The molecule has 0 bridgehead atoms. The number of hydrogen-bond donors (Lipinski definition) is 2. The van der Waals surface area contributed by atoms with Crippen molar-refractivity contribution in [1.82, 2.24) is 5.32 Å². The van der Waals surface area contributed by atoms with Crippen molar-refractivity contribution in [3.63, 3.8) is 0 Å². The summed E-state index contributed by atoms with van der Waals surface area (Å²) in [5, 5.41) is 11.7. The summed E-state index contributed by atoms with van der Waals surface area (Å²) in [6.45, 7) is 3.75. The molecule has 0 heterocycles. The number of rotatable bonds is 6. The predicted molar refractivity (Wildman–Crippen MR) is 62.6 cm³/mol. The summed E-state index contributed by atoms with van der Waals surface area (Å²) in [7, 11) is 1.58. The molecule has 1 saturated carbocycles. The Morgan fingerprint density at radius 2 is 2.00 bits per heavy atom. The summed E-state index contributed by atoms with van der Waals surface area (Å²) < 4.78 is 5.07. The van der Waals surface area contributed by atoms with Crippen molar-refractivity contribution >= 4 is 11.9 Å². The Morgan fingerprint density at radius 3 is 2.35 bits per heavy atom. The minimum atomic E-state index is -0.937. The molecule has 0 aliphatic heterocycles. The Kier molecular flexibility index (Phi) is 4.14. The lowest BCUT2D eigenvalue weighted by atomic mass is 9.68. The van der Waals surface area contributed by atoms with Crippen molar-refractivity contribution in [2.24, 2.45) is 10.8 Å². The van der Waals surface area contributed by atoms with Gasteiger partial charge in [0.25, 0.3) is 0 Å². The molecule has 1 rings (SSSR count). The number of aliphatic carboxylic acids is 1. The molecule has 5 heteroatoms. The summed E-state index contributed by atoms with van der Waals surface area (Å²) in [5.41, 5.74) is -1.36. The van der Waals surface area contributed by atoms with Gasteiger partial charge in [0.1, 0.15) is 0 Å². The summed E-state index contributed by atoms with van der Waals surface area (Å²) >= 11 is 0. The first-order valence-corrected chi connectivity index (χ1v) is 5.85. The van der Waals surface area contributed by atoms with Crippen LogP contribution in [0.1, 0.15) is 33.1 Å². The van der Waals surface area contributed by atoms with E-state index in [2.05, 4.69) is 5.32 Å². The van der Waals surface area contributed by atoms with Crippen molar-refractivity contribution in [1.29, 1.82) is 0 Å². The minimum absolute atomic E-state index is 0.0834. The first kappa shape index (κ1) is 14.0. The van der Waals surface area contributed by atoms with Crippen LogP contribution in [-0.4, -0.2) is 37.2 Å². The predicted octanol–water partition coefficient (Wildman–Crippen LogP) is 1.03. The average molecular weight is 243 g/mol. The molecule has 0 atom stereocenters. The molecule has 1 fully saturated rings. The fraction of sp³-hybridized carbons (Fsp3) is 0.833. The average Bonchev–Trinajstić information content (AvgIpc) is 2.20. The highest BCUT2D eigenvalue weighted by atomic mass is 16.5. The van der Waals surface area contributed by atoms with Gasteiger partial charge in [-0.1, -0.05) is 6.42 Å². The van der Waals surface area contributed by atoms with Crippen molar-refractivity contribution in [3.8, 4) is 0 Å². The highest BCUT2D eigenvalue weighted by Gasteiger charge is 2.44. The number of carbonyl (C=O) groups is 2. The molecule has 2 N–H and O–H groups in total. The molecular formula is C12H21NO4. The van der Waals surface area contributed by atoms with Gasteiger partial charge >= 0.3 is 5.97 Å². The quantitative estimate of drug-likeness (QED) is 0.730. The Balaban J connectivity index is 2.52. The highest BCUT2D eigenvalue weighted by Crippen LogP contribution is 2.41. The number of carbonyl (C=O) groups excluding carboxylic acids is 1. The number of hydrogen-bond acceptors (Lipinski definition) is 3. The highest BCUT2D eigenvalue weighted by molar-refractivity contribution is 5.84. The van der Waals surface area contributed by atoms with Gasteiger partial charge in [-0.05, 0) is 26.7 Å². The van der Waals surface area contributed by atoms with E-state index in [1.165, 1.54) is 0 Å². The van der Waals surface area contributed by atoms with E-state index < -0.39 is 16.8 Å². The Hall–Kier alpha value is -1.10. The number of ether oxygens (including phenoxy) is 1. The molecule has 0 saturated heterocycles. The minimum Gasteiger partial charge on any atom is -0.481 e. The van der Waals surface area contributed by atoms with Crippen LogP contribution in [-0.2, 0) is 14.3 Å². The van der Waals surface area contributed by atoms with Gasteiger partial charge in [-0.25, -0.2) is 0 Å². The smallest absolute Gasteiger partial charge is 0.310 e. The van der Waals surface area contributed by atoms with Gasteiger partial charge in [0.2, 0.25) is 5.91 Å². The molecule has 0 aromatic carbocycles. The molecule has 1 aliphatic rings. The third-order valence-electron chi connectivity index (χ3n) is 3.48. The monoisotopic (exact) mass is 243 g/mol. The van der Waals surface area contributed by atoms with Crippen LogP contribution in [0.4, 0.5) is 0 Å². The molecule has 0 radical (unpaired) electrons.